The van der Waals surface area contributed by atoms with Gasteiger partial charge in [0.2, 0.25) is 0 Å². The zero-order valence-corrected chi connectivity index (χ0v) is 11.6. The highest BCUT2D eigenvalue weighted by atomic mass is 19.1. The molecule has 1 aliphatic carbocycles. The smallest absolute Gasteiger partial charge is 0.315 e. The van der Waals surface area contributed by atoms with Crippen LogP contribution in [0.25, 0.3) is 0 Å². The summed E-state index contributed by atoms with van der Waals surface area (Å²) in [5.74, 6) is -1.46. The van der Waals surface area contributed by atoms with Crippen LogP contribution < -0.4 is 10.6 Å². The zero-order chi connectivity index (χ0) is 15.2. The lowest BCUT2D eigenvalue weighted by molar-refractivity contribution is -0.142. The third-order valence-electron chi connectivity index (χ3n) is 3.87. The van der Waals surface area contributed by atoms with Crippen LogP contribution in [0.15, 0.2) is 24.3 Å². The van der Waals surface area contributed by atoms with E-state index < -0.39 is 5.97 Å². The molecule has 1 aliphatic rings. The third-order valence-corrected chi connectivity index (χ3v) is 3.87. The first-order chi connectivity index (χ1) is 10.1. The Morgan fingerprint density at radius 2 is 1.90 bits per heavy atom. The van der Waals surface area contributed by atoms with Crippen molar-refractivity contribution in [1.29, 1.82) is 0 Å². The minimum atomic E-state index is -0.786. The molecular formula is C15H19FN2O3. The highest BCUT2D eigenvalue weighted by Crippen LogP contribution is 2.31. The van der Waals surface area contributed by atoms with E-state index in [1.807, 2.05) is 0 Å². The maximum absolute atomic E-state index is 12.7. The normalized spacial score (nSPS) is 21.0. The van der Waals surface area contributed by atoms with Crippen LogP contribution in [0.4, 0.5) is 9.18 Å². The van der Waals surface area contributed by atoms with Crippen LogP contribution in [0.5, 0.6) is 0 Å². The van der Waals surface area contributed by atoms with E-state index in [9.17, 15) is 14.0 Å². The van der Waals surface area contributed by atoms with Crippen molar-refractivity contribution in [2.24, 2.45) is 11.8 Å². The van der Waals surface area contributed by atoms with Gasteiger partial charge >= 0.3 is 12.0 Å². The molecule has 0 spiro atoms. The Kier molecular flexibility index (Phi) is 5.14. The molecule has 0 aliphatic heterocycles. The lowest BCUT2D eigenvalue weighted by Crippen LogP contribution is -2.39. The van der Waals surface area contributed by atoms with E-state index in [2.05, 4.69) is 10.6 Å². The van der Waals surface area contributed by atoms with Crippen molar-refractivity contribution in [3.8, 4) is 0 Å². The molecule has 1 saturated carbocycles. The molecule has 1 aromatic rings. The third kappa shape index (κ3) is 4.44. The lowest BCUT2D eigenvalue weighted by Gasteiger charge is -2.16. The van der Waals surface area contributed by atoms with Crippen LogP contribution in [0, 0.1) is 17.7 Å². The van der Waals surface area contributed by atoms with Crippen LogP contribution in [0.2, 0.25) is 0 Å². The van der Waals surface area contributed by atoms with Gasteiger partial charge in [0.15, 0.2) is 0 Å². The molecule has 2 unspecified atom stereocenters. The Morgan fingerprint density at radius 3 is 2.57 bits per heavy atom. The van der Waals surface area contributed by atoms with Crippen molar-refractivity contribution in [1.82, 2.24) is 10.6 Å². The second-order valence-electron chi connectivity index (χ2n) is 5.33. The first-order valence-electron chi connectivity index (χ1n) is 7.05. The number of urea groups is 1. The largest absolute Gasteiger partial charge is 0.481 e. The topological polar surface area (TPSA) is 78.4 Å². The van der Waals surface area contributed by atoms with Crippen molar-refractivity contribution < 1.29 is 19.1 Å². The summed E-state index contributed by atoms with van der Waals surface area (Å²) in [5.41, 5.74) is 0.802. The Bertz CT molecular complexity index is 504. The highest BCUT2D eigenvalue weighted by Gasteiger charge is 2.32. The van der Waals surface area contributed by atoms with Crippen LogP contribution >= 0.6 is 0 Å². The molecule has 114 valence electrons. The summed E-state index contributed by atoms with van der Waals surface area (Å²) < 4.78 is 12.7. The Balaban J connectivity index is 1.72. The standard InChI is InChI=1S/C15H19FN2O3/c16-12-6-4-10(5-7-12)8-17-15(21)18-9-11-2-1-3-13(11)14(19)20/h4-7,11,13H,1-3,8-9H2,(H,19,20)(H2,17,18,21). The second-order valence-corrected chi connectivity index (χ2v) is 5.33. The van der Waals surface area contributed by atoms with Gasteiger partial charge in [-0.05, 0) is 36.5 Å². The fourth-order valence-corrected chi connectivity index (χ4v) is 2.68. The molecule has 0 radical (unpaired) electrons. The molecule has 3 N–H and O–H groups in total. The van der Waals surface area contributed by atoms with E-state index in [1.165, 1.54) is 12.1 Å². The highest BCUT2D eigenvalue weighted by molar-refractivity contribution is 5.74. The number of carbonyl (C=O) groups is 2. The molecule has 0 bridgehead atoms. The number of amides is 2. The predicted molar refractivity (Wildman–Crippen MR) is 75.1 cm³/mol. The maximum Gasteiger partial charge on any atom is 0.315 e. The van der Waals surface area contributed by atoms with Crippen molar-refractivity contribution >= 4 is 12.0 Å². The molecule has 2 atom stereocenters. The van der Waals surface area contributed by atoms with E-state index >= 15 is 0 Å². The Labute approximate surface area is 122 Å². The fourth-order valence-electron chi connectivity index (χ4n) is 2.68. The average Bonchev–Trinajstić information content (AvgIpc) is 2.93. The van der Waals surface area contributed by atoms with Gasteiger partial charge in [0.05, 0.1) is 5.92 Å². The number of aliphatic carboxylic acids is 1. The quantitative estimate of drug-likeness (QED) is 0.778. The number of halogens is 1. The minimum absolute atomic E-state index is 0.000860. The van der Waals surface area contributed by atoms with E-state index in [0.29, 0.717) is 19.5 Å². The molecule has 0 saturated heterocycles. The SMILES string of the molecule is O=C(NCc1ccc(F)cc1)NCC1CCCC1C(=O)O. The fraction of sp³-hybridized carbons (Fsp3) is 0.467. The van der Waals surface area contributed by atoms with Gasteiger partial charge in [-0.1, -0.05) is 18.6 Å². The molecule has 5 nitrogen and oxygen atoms in total. The van der Waals surface area contributed by atoms with Gasteiger partial charge < -0.3 is 15.7 Å². The molecule has 6 heteroatoms. The molecule has 0 heterocycles. The van der Waals surface area contributed by atoms with Crippen molar-refractivity contribution in [2.75, 3.05) is 6.54 Å². The van der Waals surface area contributed by atoms with Gasteiger partial charge in [0.25, 0.3) is 0 Å². The van der Waals surface area contributed by atoms with E-state index in [-0.39, 0.29) is 23.7 Å². The number of nitrogens with one attached hydrogen (secondary N) is 2. The molecular weight excluding hydrogens is 275 g/mol. The van der Waals surface area contributed by atoms with Crippen molar-refractivity contribution in [2.45, 2.75) is 25.8 Å². The molecule has 1 fully saturated rings. The predicted octanol–water partition coefficient (Wildman–Crippen LogP) is 2.13. The number of rotatable bonds is 5. The Hall–Kier alpha value is -2.11. The number of carboxylic acid groups (broad SMARTS) is 1. The van der Waals surface area contributed by atoms with Crippen LogP contribution in [-0.4, -0.2) is 23.7 Å². The summed E-state index contributed by atoms with van der Waals surface area (Å²) >= 11 is 0. The first-order valence-corrected chi connectivity index (χ1v) is 7.05. The van der Waals surface area contributed by atoms with Crippen LogP contribution in [-0.2, 0) is 11.3 Å². The van der Waals surface area contributed by atoms with Crippen LogP contribution in [0.1, 0.15) is 24.8 Å². The molecule has 21 heavy (non-hydrogen) atoms. The number of benzene rings is 1. The zero-order valence-electron chi connectivity index (χ0n) is 11.6. The monoisotopic (exact) mass is 294 g/mol. The molecule has 1 aromatic carbocycles. The van der Waals surface area contributed by atoms with Gasteiger partial charge in [-0.3, -0.25) is 4.79 Å². The van der Waals surface area contributed by atoms with Crippen LogP contribution in [0.3, 0.4) is 0 Å². The molecule has 2 rings (SSSR count). The summed E-state index contributed by atoms with van der Waals surface area (Å²) in [6.45, 7) is 0.672. The van der Waals surface area contributed by atoms with Gasteiger partial charge in [-0.15, -0.1) is 0 Å². The van der Waals surface area contributed by atoms with Gasteiger partial charge in [0, 0.05) is 13.1 Å². The number of carboxylic acids is 1. The molecule has 0 aromatic heterocycles. The average molecular weight is 294 g/mol. The van der Waals surface area contributed by atoms with E-state index in [0.717, 1.165) is 18.4 Å². The second kappa shape index (κ2) is 7.06. The Morgan fingerprint density at radius 1 is 1.19 bits per heavy atom. The minimum Gasteiger partial charge on any atom is -0.481 e. The molecule has 2 amide bonds. The van der Waals surface area contributed by atoms with Gasteiger partial charge in [-0.2, -0.15) is 0 Å². The summed E-state index contributed by atoms with van der Waals surface area (Å²) in [6.07, 6.45) is 2.40. The van der Waals surface area contributed by atoms with Gasteiger partial charge in [0.1, 0.15) is 5.82 Å². The summed E-state index contributed by atoms with van der Waals surface area (Å²) in [6, 6.07) is 5.55. The number of hydrogen-bond acceptors (Lipinski definition) is 2. The maximum atomic E-state index is 12.7. The first kappa shape index (κ1) is 15.3. The number of hydrogen-bond donors (Lipinski definition) is 3. The van der Waals surface area contributed by atoms with Crippen molar-refractivity contribution in [3.63, 3.8) is 0 Å². The van der Waals surface area contributed by atoms with Gasteiger partial charge in [-0.25, -0.2) is 9.18 Å². The summed E-state index contributed by atoms with van der Waals surface area (Å²) in [4.78, 5) is 22.7. The van der Waals surface area contributed by atoms with E-state index in [1.54, 1.807) is 12.1 Å². The number of carbonyl (C=O) groups excluding carboxylic acids is 1. The summed E-state index contributed by atoms with van der Waals surface area (Å²) in [5, 5.41) is 14.4. The van der Waals surface area contributed by atoms with Crippen molar-refractivity contribution in [3.05, 3.63) is 35.6 Å². The lowest BCUT2D eigenvalue weighted by atomic mass is 9.96. The van der Waals surface area contributed by atoms with E-state index in [4.69, 9.17) is 5.11 Å². The summed E-state index contributed by atoms with van der Waals surface area (Å²) in [7, 11) is 0.